The number of fused-ring (bicyclic) bond motifs is 1. The van der Waals surface area contributed by atoms with Gasteiger partial charge in [0, 0.05) is 11.3 Å². The van der Waals surface area contributed by atoms with E-state index in [1.165, 1.54) is 11.1 Å². The van der Waals surface area contributed by atoms with Crippen LogP contribution in [0.2, 0.25) is 0 Å². The SMILES string of the molecule is Nc1cccc2c1C=CC2.[H+]. The van der Waals surface area contributed by atoms with Gasteiger partial charge in [0.1, 0.15) is 0 Å². The number of rotatable bonds is 0. The number of nitrogen functional groups attached to an aromatic ring is 1. The Morgan fingerprint density at radius 1 is 1.40 bits per heavy atom. The van der Waals surface area contributed by atoms with Crippen molar-refractivity contribution < 1.29 is 1.43 Å². The number of nitrogens with two attached hydrogens (primary N) is 1. The van der Waals surface area contributed by atoms with Crippen molar-refractivity contribution >= 4 is 11.8 Å². The summed E-state index contributed by atoms with van der Waals surface area (Å²) < 4.78 is 0. The van der Waals surface area contributed by atoms with E-state index in [-0.39, 0.29) is 1.43 Å². The van der Waals surface area contributed by atoms with E-state index < -0.39 is 0 Å². The molecule has 1 aromatic rings. The lowest BCUT2D eigenvalue weighted by atomic mass is 10.1. The van der Waals surface area contributed by atoms with Gasteiger partial charge in [0.2, 0.25) is 0 Å². The first-order valence-corrected chi connectivity index (χ1v) is 3.42. The molecule has 0 fully saturated rings. The Balaban J connectivity index is 0.000000605. The quantitative estimate of drug-likeness (QED) is 0.536. The molecule has 0 heterocycles. The van der Waals surface area contributed by atoms with Crippen LogP contribution in [0.1, 0.15) is 12.6 Å². The number of hydrogen-bond donors (Lipinski definition) is 1. The maximum atomic E-state index is 5.72. The van der Waals surface area contributed by atoms with Crippen molar-refractivity contribution in [1.82, 2.24) is 0 Å². The van der Waals surface area contributed by atoms with Crippen molar-refractivity contribution in [2.45, 2.75) is 6.42 Å². The lowest BCUT2D eigenvalue weighted by molar-refractivity contribution is 1.31. The van der Waals surface area contributed by atoms with Gasteiger partial charge in [-0.2, -0.15) is 0 Å². The molecule has 1 aromatic carbocycles. The normalized spacial score (nSPS) is 13.6. The van der Waals surface area contributed by atoms with Crippen LogP contribution in [0.25, 0.3) is 6.08 Å². The van der Waals surface area contributed by atoms with Crippen molar-refractivity contribution in [3.63, 3.8) is 0 Å². The summed E-state index contributed by atoms with van der Waals surface area (Å²) in [6.45, 7) is 0. The van der Waals surface area contributed by atoms with Gasteiger partial charge in [0.15, 0.2) is 0 Å². The van der Waals surface area contributed by atoms with Crippen LogP contribution in [-0.2, 0) is 6.42 Å². The van der Waals surface area contributed by atoms with Crippen LogP contribution in [0.4, 0.5) is 5.69 Å². The Hall–Kier alpha value is -1.24. The molecule has 0 aromatic heterocycles. The highest BCUT2D eigenvalue weighted by molar-refractivity contribution is 5.71. The van der Waals surface area contributed by atoms with Crippen molar-refractivity contribution in [3.8, 4) is 0 Å². The first-order valence-electron chi connectivity index (χ1n) is 3.42. The summed E-state index contributed by atoms with van der Waals surface area (Å²) >= 11 is 0. The van der Waals surface area contributed by atoms with Crippen LogP contribution in [0.5, 0.6) is 0 Å². The minimum Gasteiger partial charge on any atom is -0.398 e. The zero-order valence-corrected chi connectivity index (χ0v) is 5.67. The standard InChI is InChI=1S/C9H9N/c10-9-6-2-4-7-3-1-5-8(7)9/h1-2,4-6H,3,10H2/p+1. The molecule has 1 nitrogen and oxygen atoms in total. The first kappa shape index (κ1) is 5.54. The molecule has 0 saturated carbocycles. The van der Waals surface area contributed by atoms with Gasteiger partial charge in [-0.05, 0) is 18.1 Å². The predicted octanol–water partition coefficient (Wildman–Crippen LogP) is 1.95. The zero-order valence-electron chi connectivity index (χ0n) is 6.67. The third-order valence-electron chi connectivity index (χ3n) is 1.85. The van der Waals surface area contributed by atoms with Gasteiger partial charge in [-0.3, -0.25) is 0 Å². The summed E-state index contributed by atoms with van der Waals surface area (Å²) in [6, 6.07) is 6.06. The van der Waals surface area contributed by atoms with E-state index in [1.54, 1.807) is 0 Å². The maximum absolute atomic E-state index is 5.72. The van der Waals surface area contributed by atoms with Gasteiger partial charge in [0.05, 0.1) is 0 Å². The van der Waals surface area contributed by atoms with E-state index in [0.717, 1.165) is 12.1 Å². The summed E-state index contributed by atoms with van der Waals surface area (Å²) in [5, 5.41) is 0. The number of benzene rings is 1. The summed E-state index contributed by atoms with van der Waals surface area (Å²) in [5.74, 6) is 0. The van der Waals surface area contributed by atoms with E-state index in [2.05, 4.69) is 18.2 Å². The van der Waals surface area contributed by atoms with E-state index in [0.29, 0.717) is 0 Å². The Labute approximate surface area is 61.7 Å². The fourth-order valence-corrected chi connectivity index (χ4v) is 1.32. The molecule has 1 heteroatoms. The highest BCUT2D eigenvalue weighted by Gasteiger charge is 2.05. The zero-order chi connectivity index (χ0) is 6.97. The molecule has 2 rings (SSSR count). The van der Waals surface area contributed by atoms with Crippen molar-refractivity contribution in [3.05, 3.63) is 35.4 Å². The van der Waals surface area contributed by atoms with Gasteiger partial charge in [-0.25, -0.2) is 0 Å². The van der Waals surface area contributed by atoms with Crippen LogP contribution in [0, 0.1) is 0 Å². The average molecular weight is 132 g/mol. The second kappa shape index (κ2) is 1.87. The lowest BCUT2D eigenvalue weighted by Crippen LogP contribution is -1.90. The Bertz CT molecular complexity index is 292. The highest BCUT2D eigenvalue weighted by Crippen LogP contribution is 2.24. The maximum Gasteiger partial charge on any atom is 1.00 e. The van der Waals surface area contributed by atoms with E-state index in [4.69, 9.17) is 5.73 Å². The molecular formula is C9H10N+. The van der Waals surface area contributed by atoms with Crippen LogP contribution < -0.4 is 5.73 Å². The Morgan fingerprint density at radius 3 is 3.10 bits per heavy atom. The Kier molecular flexibility index (Phi) is 1.04. The van der Waals surface area contributed by atoms with Gasteiger partial charge >= 0.3 is 1.43 Å². The summed E-state index contributed by atoms with van der Waals surface area (Å²) in [7, 11) is 0. The molecule has 1 aliphatic rings. The lowest BCUT2D eigenvalue weighted by Gasteiger charge is -2.00. The third-order valence-corrected chi connectivity index (χ3v) is 1.85. The molecule has 0 radical (unpaired) electrons. The highest BCUT2D eigenvalue weighted by atomic mass is 14.6. The van der Waals surface area contributed by atoms with Crippen LogP contribution in [0.3, 0.4) is 0 Å². The molecule has 0 unspecified atom stereocenters. The fraction of sp³-hybridized carbons (Fsp3) is 0.111. The fourth-order valence-electron chi connectivity index (χ4n) is 1.32. The molecule has 0 aliphatic heterocycles. The Morgan fingerprint density at radius 2 is 2.30 bits per heavy atom. The molecule has 0 atom stereocenters. The third kappa shape index (κ3) is 0.637. The molecule has 50 valence electrons. The topological polar surface area (TPSA) is 26.0 Å². The van der Waals surface area contributed by atoms with Crippen LogP contribution in [-0.4, -0.2) is 0 Å². The van der Waals surface area contributed by atoms with Gasteiger partial charge < -0.3 is 5.73 Å². The molecule has 2 N–H and O–H groups in total. The summed E-state index contributed by atoms with van der Waals surface area (Å²) in [4.78, 5) is 0. The summed E-state index contributed by atoms with van der Waals surface area (Å²) in [5.41, 5.74) is 9.17. The van der Waals surface area contributed by atoms with Gasteiger partial charge in [-0.15, -0.1) is 0 Å². The van der Waals surface area contributed by atoms with Crippen LogP contribution >= 0.6 is 0 Å². The molecule has 0 spiro atoms. The van der Waals surface area contributed by atoms with Crippen molar-refractivity contribution in [1.29, 1.82) is 0 Å². The molecule has 0 amide bonds. The summed E-state index contributed by atoms with van der Waals surface area (Å²) in [6.07, 6.45) is 5.27. The molecular weight excluding hydrogens is 122 g/mol. The predicted molar refractivity (Wildman–Crippen MR) is 44.7 cm³/mol. The minimum atomic E-state index is 0. The van der Waals surface area contributed by atoms with Gasteiger partial charge in [-0.1, -0.05) is 24.3 Å². The average Bonchev–Trinajstić information content (AvgIpc) is 2.36. The molecule has 0 saturated heterocycles. The molecule has 10 heavy (non-hydrogen) atoms. The van der Waals surface area contributed by atoms with E-state index in [9.17, 15) is 0 Å². The monoisotopic (exact) mass is 132 g/mol. The largest absolute Gasteiger partial charge is 1.00 e. The number of allylic oxidation sites excluding steroid dienone is 1. The van der Waals surface area contributed by atoms with Crippen molar-refractivity contribution in [2.75, 3.05) is 5.73 Å². The molecule has 1 aliphatic carbocycles. The second-order valence-electron chi connectivity index (χ2n) is 2.53. The first-order chi connectivity index (χ1) is 4.88. The minimum absolute atomic E-state index is 0. The van der Waals surface area contributed by atoms with Crippen LogP contribution in [0.15, 0.2) is 24.3 Å². The van der Waals surface area contributed by atoms with E-state index >= 15 is 0 Å². The molecule has 0 bridgehead atoms. The van der Waals surface area contributed by atoms with Gasteiger partial charge in [0.25, 0.3) is 0 Å². The van der Waals surface area contributed by atoms with Crippen molar-refractivity contribution in [2.24, 2.45) is 0 Å². The number of anilines is 1. The van der Waals surface area contributed by atoms with E-state index in [1.807, 2.05) is 12.1 Å². The smallest absolute Gasteiger partial charge is 0.398 e. The number of hydrogen-bond acceptors (Lipinski definition) is 1. The second-order valence-corrected chi connectivity index (χ2v) is 2.53.